The van der Waals surface area contributed by atoms with Crippen molar-refractivity contribution in [3.05, 3.63) is 57.5 Å². The van der Waals surface area contributed by atoms with Crippen molar-refractivity contribution < 1.29 is 9.53 Å². The molecule has 2 rings (SSSR count). The summed E-state index contributed by atoms with van der Waals surface area (Å²) in [5.41, 5.74) is 1.18. The minimum atomic E-state index is -0.208. The van der Waals surface area contributed by atoms with Gasteiger partial charge in [-0.05, 0) is 52.7 Å². The lowest BCUT2D eigenvalue weighted by Gasteiger charge is -2.12. The Labute approximate surface area is 137 Å². The van der Waals surface area contributed by atoms with Gasteiger partial charge in [0.15, 0.2) is 0 Å². The highest BCUT2D eigenvalue weighted by atomic mass is 79.9. The Morgan fingerprint density at radius 1 is 1.29 bits per heavy atom. The van der Waals surface area contributed by atoms with E-state index in [1.165, 1.54) is 0 Å². The molecule has 0 saturated carbocycles. The Hall–Kier alpha value is -1.52. The molecule has 110 valence electrons. The van der Waals surface area contributed by atoms with Gasteiger partial charge in [0.25, 0.3) is 5.91 Å². The van der Waals surface area contributed by atoms with Crippen LogP contribution in [0.2, 0.25) is 5.02 Å². The number of carbonyl (C=O) groups excluding carboxylic acids is 1. The van der Waals surface area contributed by atoms with Gasteiger partial charge in [0, 0.05) is 10.0 Å². The number of benzene rings is 2. The highest BCUT2D eigenvalue weighted by Gasteiger charge is 2.11. The van der Waals surface area contributed by atoms with E-state index >= 15 is 0 Å². The molecule has 0 fully saturated rings. The van der Waals surface area contributed by atoms with Crippen LogP contribution in [0.15, 0.2) is 46.9 Å². The van der Waals surface area contributed by atoms with Gasteiger partial charge in [-0.2, -0.15) is 0 Å². The number of ether oxygens (including phenoxy) is 1. The molecule has 2 aromatic carbocycles. The van der Waals surface area contributed by atoms with Gasteiger partial charge in [0.2, 0.25) is 0 Å². The van der Waals surface area contributed by atoms with Crippen molar-refractivity contribution in [2.45, 2.75) is 13.3 Å². The number of halogens is 2. The molecule has 0 atom stereocenters. The summed E-state index contributed by atoms with van der Waals surface area (Å²) in [6, 6.07) is 12.4. The third-order valence-corrected chi connectivity index (χ3v) is 3.99. The standard InChI is InChI=1S/C16H15BrClNO2/c1-2-9-21-15-6-4-3-5-14(15)19-16(20)11-7-8-13(18)12(17)10-11/h3-8,10H,2,9H2,1H3,(H,19,20). The largest absolute Gasteiger partial charge is 0.491 e. The lowest BCUT2D eigenvalue weighted by molar-refractivity contribution is 0.102. The first-order chi connectivity index (χ1) is 10.1. The predicted octanol–water partition coefficient (Wildman–Crippen LogP) is 5.14. The van der Waals surface area contributed by atoms with E-state index in [1.807, 2.05) is 31.2 Å². The van der Waals surface area contributed by atoms with E-state index in [0.29, 0.717) is 33.1 Å². The maximum absolute atomic E-state index is 12.3. The van der Waals surface area contributed by atoms with Gasteiger partial charge in [-0.25, -0.2) is 0 Å². The molecule has 1 N–H and O–H groups in total. The molecule has 2 aromatic rings. The first-order valence-electron chi connectivity index (χ1n) is 6.60. The van der Waals surface area contributed by atoms with Crippen LogP contribution in [-0.4, -0.2) is 12.5 Å². The molecule has 0 unspecified atom stereocenters. The molecule has 0 aliphatic carbocycles. The average molecular weight is 369 g/mol. The number of carbonyl (C=O) groups is 1. The van der Waals surface area contributed by atoms with Crippen LogP contribution < -0.4 is 10.1 Å². The normalized spacial score (nSPS) is 10.2. The number of amides is 1. The lowest BCUT2D eigenvalue weighted by Crippen LogP contribution is -2.13. The van der Waals surface area contributed by atoms with E-state index in [-0.39, 0.29) is 5.91 Å². The molecular weight excluding hydrogens is 354 g/mol. The van der Waals surface area contributed by atoms with Crippen LogP contribution in [-0.2, 0) is 0 Å². The zero-order chi connectivity index (χ0) is 15.2. The zero-order valence-corrected chi connectivity index (χ0v) is 13.9. The molecule has 0 saturated heterocycles. The summed E-state index contributed by atoms with van der Waals surface area (Å²) >= 11 is 9.24. The van der Waals surface area contributed by atoms with Gasteiger partial charge in [0.1, 0.15) is 5.75 Å². The van der Waals surface area contributed by atoms with E-state index in [2.05, 4.69) is 21.2 Å². The summed E-state index contributed by atoms with van der Waals surface area (Å²) in [6.07, 6.45) is 0.909. The van der Waals surface area contributed by atoms with Crippen molar-refractivity contribution in [1.82, 2.24) is 0 Å². The van der Waals surface area contributed by atoms with Crippen molar-refractivity contribution >= 4 is 39.1 Å². The molecule has 0 spiro atoms. The quantitative estimate of drug-likeness (QED) is 0.793. The second-order valence-electron chi connectivity index (χ2n) is 4.43. The van der Waals surface area contributed by atoms with Crippen LogP contribution in [0.3, 0.4) is 0 Å². The number of para-hydroxylation sites is 2. The van der Waals surface area contributed by atoms with E-state index in [1.54, 1.807) is 18.2 Å². The predicted molar refractivity (Wildman–Crippen MR) is 89.3 cm³/mol. The van der Waals surface area contributed by atoms with Crippen molar-refractivity contribution in [3.8, 4) is 5.75 Å². The van der Waals surface area contributed by atoms with E-state index in [4.69, 9.17) is 16.3 Å². The SMILES string of the molecule is CCCOc1ccccc1NC(=O)c1ccc(Cl)c(Br)c1. The van der Waals surface area contributed by atoms with Crippen LogP contribution in [0.1, 0.15) is 23.7 Å². The van der Waals surface area contributed by atoms with Crippen LogP contribution >= 0.6 is 27.5 Å². The minimum Gasteiger partial charge on any atom is -0.491 e. The van der Waals surface area contributed by atoms with E-state index in [0.717, 1.165) is 6.42 Å². The molecular formula is C16H15BrClNO2. The maximum Gasteiger partial charge on any atom is 0.255 e. The van der Waals surface area contributed by atoms with Crippen molar-refractivity contribution in [3.63, 3.8) is 0 Å². The second kappa shape index (κ2) is 7.48. The second-order valence-corrected chi connectivity index (χ2v) is 5.69. The van der Waals surface area contributed by atoms with Crippen LogP contribution in [0.4, 0.5) is 5.69 Å². The molecule has 0 aromatic heterocycles. The highest BCUT2D eigenvalue weighted by Crippen LogP contribution is 2.26. The molecule has 5 heteroatoms. The highest BCUT2D eigenvalue weighted by molar-refractivity contribution is 9.10. The van der Waals surface area contributed by atoms with Crippen molar-refractivity contribution in [2.75, 3.05) is 11.9 Å². The van der Waals surface area contributed by atoms with Crippen molar-refractivity contribution in [2.24, 2.45) is 0 Å². The summed E-state index contributed by atoms with van der Waals surface area (Å²) in [5, 5.41) is 3.42. The van der Waals surface area contributed by atoms with E-state index in [9.17, 15) is 4.79 Å². The molecule has 0 radical (unpaired) electrons. The average Bonchev–Trinajstić information content (AvgIpc) is 2.49. The molecule has 1 amide bonds. The molecule has 0 aliphatic rings. The van der Waals surface area contributed by atoms with Gasteiger partial charge >= 0.3 is 0 Å². The summed E-state index contributed by atoms with van der Waals surface area (Å²) in [7, 11) is 0. The summed E-state index contributed by atoms with van der Waals surface area (Å²) in [4.78, 5) is 12.3. The van der Waals surface area contributed by atoms with E-state index < -0.39 is 0 Å². The van der Waals surface area contributed by atoms with Crippen LogP contribution in [0.5, 0.6) is 5.75 Å². The van der Waals surface area contributed by atoms with Gasteiger partial charge in [-0.1, -0.05) is 30.7 Å². The number of nitrogens with one attached hydrogen (secondary N) is 1. The van der Waals surface area contributed by atoms with Gasteiger partial charge in [0.05, 0.1) is 17.3 Å². The third kappa shape index (κ3) is 4.22. The molecule has 0 bridgehead atoms. The Morgan fingerprint density at radius 2 is 2.05 bits per heavy atom. The number of anilines is 1. The van der Waals surface area contributed by atoms with Crippen molar-refractivity contribution in [1.29, 1.82) is 0 Å². The molecule has 0 aliphatic heterocycles. The Balaban J connectivity index is 2.17. The fraction of sp³-hybridized carbons (Fsp3) is 0.188. The first kappa shape index (κ1) is 15.9. The first-order valence-corrected chi connectivity index (χ1v) is 7.77. The molecule has 21 heavy (non-hydrogen) atoms. The minimum absolute atomic E-state index is 0.208. The van der Waals surface area contributed by atoms with Gasteiger partial charge in [-0.15, -0.1) is 0 Å². The Kier molecular flexibility index (Phi) is 5.65. The number of hydrogen-bond acceptors (Lipinski definition) is 2. The fourth-order valence-corrected chi connectivity index (χ4v) is 2.24. The summed E-state index contributed by atoms with van der Waals surface area (Å²) < 4.78 is 6.31. The Morgan fingerprint density at radius 3 is 2.76 bits per heavy atom. The van der Waals surface area contributed by atoms with Gasteiger partial charge < -0.3 is 10.1 Å². The Bertz CT molecular complexity index is 646. The van der Waals surface area contributed by atoms with Crippen LogP contribution in [0, 0.1) is 0 Å². The molecule has 3 nitrogen and oxygen atoms in total. The maximum atomic E-state index is 12.3. The third-order valence-electron chi connectivity index (χ3n) is 2.78. The monoisotopic (exact) mass is 367 g/mol. The summed E-state index contributed by atoms with van der Waals surface area (Å²) in [6.45, 7) is 2.64. The number of hydrogen-bond donors (Lipinski definition) is 1. The zero-order valence-electron chi connectivity index (χ0n) is 11.5. The van der Waals surface area contributed by atoms with Crippen LogP contribution in [0.25, 0.3) is 0 Å². The fourth-order valence-electron chi connectivity index (χ4n) is 1.74. The topological polar surface area (TPSA) is 38.3 Å². The van der Waals surface area contributed by atoms with Gasteiger partial charge in [-0.3, -0.25) is 4.79 Å². The smallest absolute Gasteiger partial charge is 0.255 e. The summed E-state index contributed by atoms with van der Waals surface area (Å²) in [5.74, 6) is 0.459. The number of rotatable bonds is 5. The molecule has 0 heterocycles. The lowest BCUT2D eigenvalue weighted by atomic mass is 10.2.